The van der Waals surface area contributed by atoms with Crippen LogP contribution in [-0.4, -0.2) is 31.8 Å². The van der Waals surface area contributed by atoms with Gasteiger partial charge in [-0.25, -0.2) is 0 Å². The van der Waals surface area contributed by atoms with Gasteiger partial charge in [-0.05, 0) is 32.7 Å². The van der Waals surface area contributed by atoms with E-state index in [0.717, 1.165) is 19.6 Å². The summed E-state index contributed by atoms with van der Waals surface area (Å²) in [7, 11) is 0. The van der Waals surface area contributed by atoms with E-state index in [1.165, 1.54) is 12.8 Å². The molecule has 0 bridgehead atoms. The van der Waals surface area contributed by atoms with E-state index in [1.807, 2.05) is 0 Å². The molecule has 1 aliphatic rings. The standard InChI is InChI=1S/C9H20N2O/c1-8(7-10)11-5-4-9-3-2-6-12-9/h8-9,11H,2-7,10H2,1H3. The number of nitrogens with two attached hydrogens (primary N) is 1. The SMILES string of the molecule is CC(CN)NCCC1CCCO1. The molecule has 72 valence electrons. The second-order valence-corrected chi connectivity index (χ2v) is 3.51. The summed E-state index contributed by atoms with van der Waals surface area (Å²) in [4.78, 5) is 0. The van der Waals surface area contributed by atoms with Crippen molar-refractivity contribution in [1.82, 2.24) is 5.32 Å². The second-order valence-electron chi connectivity index (χ2n) is 3.51. The van der Waals surface area contributed by atoms with Crippen molar-refractivity contribution in [2.75, 3.05) is 19.7 Å². The van der Waals surface area contributed by atoms with Gasteiger partial charge in [0.2, 0.25) is 0 Å². The van der Waals surface area contributed by atoms with Gasteiger partial charge >= 0.3 is 0 Å². The molecule has 0 aliphatic carbocycles. The first-order valence-electron chi connectivity index (χ1n) is 4.88. The Hall–Kier alpha value is -0.120. The van der Waals surface area contributed by atoms with Gasteiger partial charge in [0.1, 0.15) is 0 Å². The molecule has 3 nitrogen and oxygen atoms in total. The quantitative estimate of drug-likeness (QED) is 0.634. The molecule has 12 heavy (non-hydrogen) atoms. The summed E-state index contributed by atoms with van der Waals surface area (Å²) in [5, 5.41) is 3.35. The van der Waals surface area contributed by atoms with Crippen molar-refractivity contribution in [3.63, 3.8) is 0 Å². The summed E-state index contributed by atoms with van der Waals surface area (Å²) < 4.78 is 5.50. The first-order chi connectivity index (χ1) is 5.83. The van der Waals surface area contributed by atoms with E-state index in [2.05, 4.69) is 12.2 Å². The molecule has 0 amide bonds. The molecular weight excluding hydrogens is 152 g/mol. The number of hydrogen-bond acceptors (Lipinski definition) is 3. The summed E-state index contributed by atoms with van der Waals surface area (Å²) in [5.41, 5.74) is 5.47. The zero-order valence-corrected chi connectivity index (χ0v) is 7.88. The molecule has 0 aromatic rings. The molecule has 2 unspecified atom stereocenters. The Balaban J connectivity index is 1.94. The lowest BCUT2D eigenvalue weighted by atomic mass is 10.2. The van der Waals surface area contributed by atoms with E-state index >= 15 is 0 Å². The smallest absolute Gasteiger partial charge is 0.0588 e. The maximum Gasteiger partial charge on any atom is 0.0588 e. The van der Waals surface area contributed by atoms with E-state index in [4.69, 9.17) is 10.5 Å². The zero-order valence-electron chi connectivity index (χ0n) is 7.88. The highest BCUT2D eigenvalue weighted by Crippen LogP contribution is 2.14. The van der Waals surface area contributed by atoms with Crippen molar-refractivity contribution in [2.45, 2.75) is 38.3 Å². The third-order valence-corrected chi connectivity index (χ3v) is 2.34. The molecule has 0 saturated carbocycles. The minimum Gasteiger partial charge on any atom is -0.378 e. The lowest BCUT2D eigenvalue weighted by Crippen LogP contribution is -2.34. The lowest BCUT2D eigenvalue weighted by Gasteiger charge is -2.13. The van der Waals surface area contributed by atoms with Gasteiger partial charge in [0.15, 0.2) is 0 Å². The van der Waals surface area contributed by atoms with E-state index in [0.29, 0.717) is 18.7 Å². The van der Waals surface area contributed by atoms with Crippen molar-refractivity contribution in [2.24, 2.45) is 5.73 Å². The van der Waals surface area contributed by atoms with Crippen molar-refractivity contribution < 1.29 is 4.74 Å². The number of hydrogen-bond donors (Lipinski definition) is 2. The highest BCUT2D eigenvalue weighted by Gasteiger charge is 2.14. The molecular formula is C9H20N2O. The number of ether oxygens (including phenoxy) is 1. The van der Waals surface area contributed by atoms with Crippen molar-refractivity contribution in [3.8, 4) is 0 Å². The highest BCUT2D eigenvalue weighted by atomic mass is 16.5. The van der Waals surface area contributed by atoms with Gasteiger partial charge in [0.05, 0.1) is 6.10 Å². The van der Waals surface area contributed by atoms with Crippen LogP contribution in [0.2, 0.25) is 0 Å². The maximum absolute atomic E-state index is 5.50. The summed E-state index contributed by atoms with van der Waals surface area (Å²) in [6.07, 6.45) is 4.10. The predicted octanol–water partition coefficient (Wildman–Crippen LogP) is 0.492. The Morgan fingerprint density at radius 1 is 1.67 bits per heavy atom. The van der Waals surface area contributed by atoms with Crippen LogP contribution in [0.3, 0.4) is 0 Å². The summed E-state index contributed by atoms with van der Waals surface area (Å²) >= 11 is 0. The Labute approximate surface area is 74.7 Å². The van der Waals surface area contributed by atoms with Gasteiger partial charge in [0, 0.05) is 19.2 Å². The normalized spacial score (nSPS) is 26.0. The Morgan fingerprint density at radius 2 is 2.50 bits per heavy atom. The minimum atomic E-state index is 0.436. The summed E-state index contributed by atoms with van der Waals surface area (Å²) in [6.45, 7) is 4.81. The molecule has 1 heterocycles. The molecule has 0 aromatic carbocycles. The fourth-order valence-corrected chi connectivity index (χ4v) is 1.45. The van der Waals surface area contributed by atoms with Gasteiger partial charge < -0.3 is 15.8 Å². The topological polar surface area (TPSA) is 47.3 Å². The van der Waals surface area contributed by atoms with Crippen LogP contribution >= 0.6 is 0 Å². The Bertz CT molecular complexity index is 113. The van der Waals surface area contributed by atoms with Crippen LogP contribution in [0.4, 0.5) is 0 Å². The highest BCUT2D eigenvalue weighted by molar-refractivity contribution is 4.68. The van der Waals surface area contributed by atoms with E-state index in [-0.39, 0.29) is 0 Å². The fourth-order valence-electron chi connectivity index (χ4n) is 1.45. The van der Waals surface area contributed by atoms with Gasteiger partial charge in [-0.3, -0.25) is 0 Å². The number of rotatable bonds is 5. The van der Waals surface area contributed by atoms with Gasteiger partial charge in [-0.15, -0.1) is 0 Å². The van der Waals surface area contributed by atoms with Crippen LogP contribution in [-0.2, 0) is 4.74 Å². The van der Waals surface area contributed by atoms with Gasteiger partial charge in [-0.1, -0.05) is 0 Å². The van der Waals surface area contributed by atoms with Gasteiger partial charge in [-0.2, -0.15) is 0 Å². The third-order valence-electron chi connectivity index (χ3n) is 2.34. The molecule has 2 atom stereocenters. The summed E-state index contributed by atoms with van der Waals surface area (Å²) in [6, 6.07) is 0.436. The molecule has 1 aliphatic heterocycles. The molecule has 3 heteroatoms. The summed E-state index contributed by atoms with van der Waals surface area (Å²) in [5.74, 6) is 0. The van der Waals surface area contributed by atoms with Crippen LogP contribution in [0.15, 0.2) is 0 Å². The van der Waals surface area contributed by atoms with Crippen LogP contribution in [0.25, 0.3) is 0 Å². The van der Waals surface area contributed by atoms with Gasteiger partial charge in [0.25, 0.3) is 0 Å². The average Bonchev–Trinajstić information content (AvgIpc) is 2.57. The monoisotopic (exact) mass is 172 g/mol. The van der Waals surface area contributed by atoms with Crippen LogP contribution < -0.4 is 11.1 Å². The van der Waals surface area contributed by atoms with Crippen molar-refractivity contribution in [3.05, 3.63) is 0 Å². The molecule has 1 fully saturated rings. The first kappa shape index (κ1) is 9.96. The molecule has 0 radical (unpaired) electrons. The van der Waals surface area contributed by atoms with Crippen molar-refractivity contribution >= 4 is 0 Å². The average molecular weight is 172 g/mol. The molecule has 0 aromatic heterocycles. The molecule has 1 rings (SSSR count). The molecule has 0 spiro atoms. The maximum atomic E-state index is 5.50. The fraction of sp³-hybridized carbons (Fsp3) is 1.00. The Morgan fingerprint density at radius 3 is 3.08 bits per heavy atom. The zero-order chi connectivity index (χ0) is 8.81. The first-order valence-corrected chi connectivity index (χ1v) is 4.88. The lowest BCUT2D eigenvalue weighted by molar-refractivity contribution is 0.104. The molecule has 3 N–H and O–H groups in total. The second kappa shape index (κ2) is 5.51. The Kier molecular flexibility index (Phi) is 4.58. The van der Waals surface area contributed by atoms with Crippen LogP contribution in [0, 0.1) is 0 Å². The minimum absolute atomic E-state index is 0.436. The largest absolute Gasteiger partial charge is 0.378 e. The predicted molar refractivity (Wildman–Crippen MR) is 50.1 cm³/mol. The van der Waals surface area contributed by atoms with Crippen molar-refractivity contribution in [1.29, 1.82) is 0 Å². The third kappa shape index (κ3) is 3.52. The van der Waals surface area contributed by atoms with Crippen LogP contribution in [0.1, 0.15) is 26.2 Å². The number of nitrogens with one attached hydrogen (secondary N) is 1. The van der Waals surface area contributed by atoms with E-state index in [1.54, 1.807) is 0 Å². The molecule has 1 saturated heterocycles. The van der Waals surface area contributed by atoms with Crippen LogP contribution in [0.5, 0.6) is 0 Å². The van der Waals surface area contributed by atoms with E-state index in [9.17, 15) is 0 Å². The van der Waals surface area contributed by atoms with E-state index < -0.39 is 0 Å².